The number of nitrogens with zero attached hydrogens (tertiary/aromatic N) is 3. The molecular weight excluding hydrogens is 256 g/mol. The number of carboxylic acid groups (broad SMARTS) is 1. The van der Waals surface area contributed by atoms with Crippen molar-refractivity contribution in [2.24, 2.45) is 12.5 Å². The van der Waals surface area contributed by atoms with Gasteiger partial charge in [0.15, 0.2) is 5.82 Å². The van der Waals surface area contributed by atoms with Gasteiger partial charge in [0.05, 0.1) is 17.3 Å². The maximum absolute atomic E-state index is 11.5. The van der Waals surface area contributed by atoms with Crippen LogP contribution in [0, 0.1) is 5.41 Å². The van der Waals surface area contributed by atoms with E-state index >= 15 is 0 Å². The van der Waals surface area contributed by atoms with Crippen LogP contribution in [-0.2, 0) is 11.8 Å². The lowest BCUT2D eigenvalue weighted by molar-refractivity contribution is -0.147. The summed E-state index contributed by atoms with van der Waals surface area (Å²) < 4.78 is 1.92. The van der Waals surface area contributed by atoms with Crippen LogP contribution in [0.25, 0.3) is 11.0 Å². The van der Waals surface area contributed by atoms with Crippen LogP contribution >= 0.6 is 0 Å². The Kier molecular flexibility index (Phi) is 2.88. The number of aromatic nitrogens is 3. The van der Waals surface area contributed by atoms with Gasteiger partial charge in [0, 0.05) is 19.3 Å². The quantitative estimate of drug-likeness (QED) is 0.895. The molecule has 2 unspecified atom stereocenters. The predicted octanol–water partition coefficient (Wildman–Crippen LogP) is 2.02. The highest BCUT2D eigenvalue weighted by molar-refractivity contribution is 5.86. The third-order valence-electron chi connectivity index (χ3n) is 4.40. The number of hydrogen-bond donors (Lipinski definition) is 2. The van der Waals surface area contributed by atoms with Gasteiger partial charge < -0.3 is 15.0 Å². The number of nitrogens with one attached hydrogen (secondary N) is 1. The summed E-state index contributed by atoms with van der Waals surface area (Å²) in [5, 5.41) is 12.8. The Morgan fingerprint density at radius 1 is 1.55 bits per heavy atom. The van der Waals surface area contributed by atoms with Gasteiger partial charge in [-0.1, -0.05) is 6.42 Å². The molecule has 2 atom stereocenters. The molecule has 6 nitrogen and oxygen atoms in total. The molecule has 0 aliphatic heterocycles. The number of rotatable bonds is 3. The van der Waals surface area contributed by atoms with E-state index < -0.39 is 11.4 Å². The molecule has 6 heteroatoms. The Balaban J connectivity index is 1.95. The van der Waals surface area contributed by atoms with E-state index in [0.29, 0.717) is 12.2 Å². The fraction of sp³-hybridized carbons (Fsp3) is 0.500. The lowest BCUT2D eigenvalue weighted by Gasteiger charge is -2.28. The van der Waals surface area contributed by atoms with E-state index in [-0.39, 0.29) is 6.04 Å². The number of pyridine rings is 1. The van der Waals surface area contributed by atoms with Gasteiger partial charge in [-0.05, 0) is 25.8 Å². The molecule has 20 heavy (non-hydrogen) atoms. The summed E-state index contributed by atoms with van der Waals surface area (Å²) in [6, 6.07) is 1.79. The van der Waals surface area contributed by atoms with Gasteiger partial charge in [-0.2, -0.15) is 0 Å². The summed E-state index contributed by atoms with van der Waals surface area (Å²) in [6.07, 6.45) is 5.91. The van der Waals surface area contributed by atoms with Crippen LogP contribution < -0.4 is 5.32 Å². The van der Waals surface area contributed by atoms with E-state index in [2.05, 4.69) is 15.3 Å². The van der Waals surface area contributed by atoms with Gasteiger partial charge in [-0.25, -0.2) is 9.97 Å². The topological polar surface area (TPSA) is 80.0 Å². The first kappa shape index (κ1) is 12.9. The summed E-state index contributed by atoms with van der Waals surface area (Å²) >= 11 is 0. The second-order valence-electron chi connectivity index (χ2n) is 5.69. The Morgan fingerprint density at radius 3 is 3.10 bits per heavy atom. The van der Waals surface area contributed by atoms with Crippen molar-refractivity contribution in [1.82, 2.24) is 14.5 Å². The fourth-order valence-electron chi connectivity index (χ4n) is 2.99. The molecule has 2 aromatic heterocycles. The number of fused-ring (bicyclic) bond motifs is 1. The van der Waals surface area contributed by atoms with Crippen molar-refractivity contribution in [3.05, 3.63) is 18.6 Å². The van der Waals surface area contributed by atoms with Crippen LogP contribution in [0.1, 0.15) is 26.2 Å². The van der Waals surface area contributed by atoms with Crippen molar-refractivity contribution in [1.29, 1.82) is 0 Å². The lowest BCUT2D eigenvalue weighted by atomic mass is 9.85. The molecule has 1 aliphatic carbocycles. The summed E-state index contributed by atoms with van der Waals surface area (Å²) in [5.41, 5.74) is 1.03. The Bertz CT molecular complexity index is 666. The number of imidazole rings is 1. The van der Waals surface area contributed by atoms with E-state index in [9.17, 15) is 9.90 Å². The highest BCUT2D eigenvalue weighted by Crippen LogP contribution is 2.40. The van der Waals surface area contributed by atoms with Crippen molar-refractivity contribution < 1.29 is 9.90 Å². The Labute approximate surface area is 116 Å². The number of aliphatic carboxylic acids is 1. The summed E-state index contributed by atoms with van der Waals surface area (Å²) in [5.74, 6) is -0.0804. The molecule has 0 aromatic carbocycles. The van der Waals surface area contributed by atoms with Gasteiger partial charge in [0.25, 0.3) is 0 Å². The largest absolute Gasteiger partial charge is 0.481 e. The predicted molar refractivity (Wildman–Crippen MR) is 75.5 cm³/mol. The molecule has 2 aromatic rings. The monoisotopic (exact) mass is 274 g/mol. The van der Waals surface area contributed by atoms with Crippen LogP contribution in [0.15, 0.2) is 18.6 Å². The Morgan fingerprint density at radius 2 is 2.35 bits per heavy atom. The smallest absolute Gasteiger partial charge is 0.311 e. The number of carboxylic acids is 1. The minimum atomic E-state index is -0.749. The molecule has 1 aliphatic rings. The fourth-order valence-corrected chi connectivity index (χ4v) is 2.99. The Hall–Kier alpha value is -2.11. The highest BCUT2D eigenvalue weighted by atomic mass is 16.4. The first-order valence-corrected chi connectivity index (χ1v) is 6.78. The zero-order valence-electron chi connectivity index (χ0n) is 11.6. The molecular formula is C14H18N4O2. The van der Waals surface area contributed by atoms with Crippen LogP contribution in [0.3, 0.4) is 0 Å². The van der Waals surface area contributed by atoms with E-state index in [1.165, 1.54) is 0 Å². The molecule has 0 saturated heterocycles. The van der Waals surface area contributed by atoms with Crippen LogP contribution in [0.5, 0.6) is 0 Å². The minimum Gasteiger partial charge on any atom is -0.481 e. The molecule has 0 amide bonds. The van der Waals surface area contributed by atoms with Crippen molar-refractivity contribution in [3.8, 4) is 0 Å². The van der Waals surface area contributed by atoms with Crippen molar-refractivity contribution >= 4 is 22.8 Å². The van der Waals surface area contributed by atoms with E-state index in [1.807, 2.05) is 17.7 Å². The maximum Gasteiger partial charge on any atom is 0.311 e. The highest BCUT2D eigenvalue weighted by Gasteiger charge is 2.45. The molecule has 0 spiro atoms. The summed E-state index contributed by atoms with van der Waals surface area (Å²) in [7, 11) is 1.93. The lowest BCUT2D eigenvalue weighted by Crippen LogP contribution is -2.40. The number of carbonyl (C=O) groups is 1. The number of anilines is 1. The second-order valence-corrected chi connectivity index (χ2v) is 5.69. The van der Waals surface area contributed by atoms with Crippen molar-refractivity contribution in [2.45, 2.75) is 32.2 Å². The van der Waals surface area contributed by atoms with Gasteiger partial charge in [0.2, 0.25) is 0 Å². The number of aryl methyl sites for hydroxylation is 1. The van der Waals surface area contributed by atoms with Crippen LogP contribution in [-0.4, -0.2) is 31.7 Å². The normalized spacial score (nSPS) is 26.0. The second kappa shape index (κ2) is 4.47. The third kappa shape index (κ3) is 1.83. The van der Waals surface area contributed by atoms with Gasteiger partial charge in [-0.15, -0.1) is 0 Å². The van der Waals surface area contributed by atoms with Crippen molar-refractivity contribution in [3.63, 3.8) is 0 Å². The van der Waals surface area contributed by atoms with Gasteiger partial charge >= 0.3 is 5.97 Å². The van der Waals surface area contributed by atoms with Crippen LogP contribution in [0.4, 0.5) is 5.82 Å². The van der Waals surface area contributed by atoms with Crippen LogP contribution in [0.2, 0.25) is 0 Å². The first-order valence-electron chi connectivity index (χ1n) is 6.78. The molecule has 0 bridgehead atoms. The molecule has 1 fully saturated rings. The minimum absolute atomic E-state index is 0.111. The zero-order valence-corrected chi connectivity index (χ0v) is 11.6. The molecule has 106 valence electrons. The SMILES string of the molecule is Cn1cnc2c(NC3CCCC3(C)C(=O)O)nccc21. The summed E-state index contributed by atoms with van der Waals surface area (Å²) in [4.78, 5) is 20.2. The van der Waals surface area contributed by atoms with E-state index in [0.717, 1.165) is 23.9 Å². The van der Waals surface area contributed by atoms with E-state index in [1.54, 1.807) is 19.4 Å². The molecule has 2 heterocycles. The standard InChI is InChI=1S/C14H18N4O2/c1-14(13(19)20)6-3-4-10(14)17-12-11-9(5-7-15-12)18(2)8-16-11/h5,7-8,10H,3-4,6H2,1-2H3,(H,15,17)(H,19,20). The zero-order chi connectivity index (χ0) is 14.3. The third-order valence-corrected chi connectivity index (χ3v) is 4.40. The molecule has 0 radical (unpaired) electrons. The van der Waals surface area contributed by atoms with Crippen molar-refractivity contribution in [2.75, 3.05) is 5.32 Å². The van der Waals surface area contributed by atoms with Gasteiger partial charge in [-0.3, -0.25) is 4.79 Å². The average molecular weight is 274 g/mol. The molecule has 3 rings (SSSR count). The summed E-state index contributed by atoms with van der Waals surface area (Å²) in [6.45, 7) is 1.80. The van der Waals surface area contributed by atoms with E-state index in [4.69, 9.17) is 0 Å². The molecule has 1 saturated carbocycles. The van der Waals surface area contributed by atoms with Gasteiger partial charge in [0.1, 0.15) is 5.52 Å². The molecule has 2 N–H and O–H groups in total. The first-order chi connectivity index (χ1) is 9.52. The maximum atomic E-state index is 11.5. The number of hydrogen-bond acceptors (Lipinski definition) is 4. The average Bonchev–Trinajstić information content (AvgIpc) is 2.97.